The monoisotopic (exact) mass is 570 g/mol. The van der Waals surface area contributed by atoms with Gasteiger partial charge >= 0.3 is 0 Å². The van der Waals surface area contributed by atoms with Crippen molar-refractivity contribution >= 4 is 34.8 Å². The Labute approximate surface area is 248 Å². The molecule has 0 atom stereocenters. The fourth-order valence-corrected chi connectivity index (χ4v) is 5.50. The maximum Gasteiger partial charge on any atom is 0.227 e. The van der Waals surface area contributed by atoms with Crippen molar-refractivity contribution in [2.75, 3.05) is 29.9 Å². The van der Waals surface area contributed by atoms with Gasteiger partial charge in [-0.2, -0.15) is 0 Å². The van der Waals surface area contributed by atoms with Crippen molar-refractivity contribution in [1.82, 2.24) is 20.3 Å². The topological polar surface area (TPSA) is 83.0 Å². The van der Waals surface area contributed by atoms with Crippen LogP contribution in [-0.2, 0) is 4.79 Å². The molecule has 2 aromatic carbocycles. The van der Waals surface area contributed by atoms with Crippen LogP contribution in [0.15, 0.2) is 79.3 Å². The Balaban J connectivity index is 0.000000929. The van der Waals surface area contributed by atoms with Crippen LogP contribution >= 0.6 is 11.6 Å². The number of carbonyl (C=O) groups excluding carboxylic acids is 1. The number of hydrogen-bond donors (Lipinski definition) is 2. The summed E-state index contributed by atoms with van der Waals surface area (Å²) in [5.41, 5.74) is 5.31. The highest BCUT2D eigenvalue weighted by Crippen LogP contribution is 2.41. The van der Waals surface area contributed by atoms with Gasteiger partial charge in [0.1, 0.15) is 0 Å². The zero-order chi connectivity index (χ0) is 29.2. The van der Waals surface area contributed by atoms with Crippen molar-refractivity contribution in [3.8, 4) is 22.4 Å². The number of pyridine rings is 1. The molecule has 8 heteroatoms. The van der Waals surface area contributed by atoms with E-state index in [9.17, 15) is 4.79 Å². The second kappa shape index (κ2) is 14.2. The predicted molar refractivity (Wildman–Crippen MR) is 170 cm³/mol. The highest BCUT2D eigenvalue weighted by atomic mass is 35.5. The van der Waals surface area contributed by atoms with E-state index in [0.29, 0.717) is 28.8 Å². The minimum atomic E-state index is 0.0637. The standard InChI is InChI=1S/C29H27ClN6O.2C2H6/c30-25-18-33-28(35-27(25)22-8-4-7-21(13-22)20-5-2-1-3-6-20)34-23-14-24(17-32-16-23)36-19-29(15-26(36)37)9-11-31-12-10-29;2*1-2/h1-8,13-14,16-18,31H,9-12,15,19H2,(H,33,34,35);2*1-2H3. The average Bonchev–Trinajstić information content (AvgIpc) is 3.35. The minimum absolute atomic E-state index is 0.0637. The molecule has 0 aliphatic carbocycles. The number of benzene rings is 2. The molecule has 2 N–H and O–H groups in total. The normalized spacial score (nSPS) is 15.4. The lowest BCUT2D eigenvalue weighted by Crippen LogP contribution is -2.38. The number of carbonyl (C=O) groups is 1. The number of aromatic nitrogens is 3. The number of hydrogen-bond acceptors (Lipinski definition) is 6. The van der Waals surface area contributed by atoms with Crippen LogP contribution in [0.25, 0.3) is 22.4 Å². The van der Waals surface area contributed by atoms with Gasteiger partial charge in [0.2, 0.25) is 11.9 Å². The van der Waals surface area contributed by atoms with Gasteiger partial charge in [-0.15, -0.1) is 0 Å². The highest BCUT2D eigenvalue weighted by molar-refractivity contribution is 6.32. The summed E-state index contributed by atoms with van der Waals surface area (Å²) >= 11 is 6.52. The molecule has 2 saturated heterocycles. The molecule has 41 heavy (non-hydrogen) atoms. The lowest BCUT2D eigenvalue weighted by molar-refractivity contribution is -0.117. The second-order valence-corrected chi connectivity index (χ2v) is 10.2. The van der Waals surface area contributed by atoms with E-state index in [1.165, 1.54) is 0 Å². The third kappa shape index (κ3) is 7.10. The molecule has 2 fully saturated rings. The summed E-state index contributed by atoms with van der Waals surface area (Å²) in [5.74, 6) is 0.565. The molecular weight excluding hydrogens is 532 g/mol. The maximum absolute atomic E-state index is 12.9. The van der Waals surface area contributed by atoms with Crippen molar-refractivity contribution in [3.63, 3.8) is 0 Å². The minimum Gasteiger partial charge on any atom is -0.323 e. The van der Waals surface area contributed by atoms with Crippen molar-refractivity contribution in [2.45, 2.75) is 47.0 Å². The summed E-state index contributed by atoms with van der Waals surface area (Å²) in [4.78, 5) is 28.3. The summed E-state index contributed by atoms with van der Waals surface area (Å²) in [6, 6.07) is 20.2. The Bertz CT molecular complexity index is 1440. The van der Waals surface area contributed by atoms with Crippen LogP contribution < -0.4 is 15.5 Å². The van der Waals surface area contributed by atoms with Gasteiger partial charge in [-0.25, -0.2) is 9.97 Å². The van der Waals surface area contributed by atoms with Gasteiger partial charge in [0.05, 0.1) is 40.7 Å². The van der Waals surface area contributed by atoms with Crippen LogP contribution in [0.1, 0.15) is 47.0 Å². The molecule has 0 saturated carbocycles. The Kier molecular flexibility index (Phi) is 10.4. The summed E-state index contributed by atoms with van der Waals surface area (Å²) in [6.45, 7) is 10.7. The molecule has 2 aliphatic heterocycles. The number of amides is 1. The summed E-state index contributed by atoms with van der Waals surface area (Å²) in [7, 11) is 0. The molecule has 7 nitrogen and oxygen atoms in total. The quantitative estimate of drug-likeness (QED) is 0.255. The number of rotatable bonds is 5. The van der Waals surface area contributed by atoms with Crippen molar-refractivity contribution in [2.24, 2.45) is 5.41 Å². The fourth-order valence-electron chi connectivity index (χ4n) is 5.30. The van der Waals surface area contributed by atoms with Crippen LogP contribution in [0.4, 0.5) is 17.3 Å². The third-order valence-corrected chi connectivity index (χ3v) is 7.54. The van der Waals surface area contributed by atoms with E-state index in [1.807, 2.05) is 69.0 Å². The molecule has 0 bridgehead atoms. The fraction of sp³-hybridized carbons (Fsp3) is 0.333. The number of nitrogens with one attached hydrogen (secondary N) is 2. The summed E-state index contributed by atoms with van der Waals surface area (Å²) in [5, 5.41) is 7.11. The molecule has 4 aromatic rings. The first kappa shape index (κ1) is 30.2. The van der Waals surface area contributed by atoms with Crippen LogP contribution in [0.5, 0.6) is 0 Å². The van der Waals surface area contributed by atoms with E-state index in [1.54, 1.807) is 18.6 Å². The van der Waals surface area contributed by atoms with Gasteiger partial charge in [-0.3, -0.25) is 9.78 Å². The first-order valence-electron chi connectivity index (χ1n) is 14.5. The van der Waals surface area contributed by atoms with Gasteiger partial charge in [-0.05, 0) is 54.6 Å². The van der Waals surface area contributed by atoms with E-state index in [0.717, 1.165) is 54.9 Å². The predicted octanol–water partition coefficient (Wildman–Crippen LogP) is 7.76. The van der Waals surface area contributed by atoms with Gasteiger partial charge < -0.3 is 15.5 Å². The Hall–Kier alpha value is -3.81. The molecule has 214 valence electrons. The Morgan fingerprint density at radius 3 is 2.34 bits per heavy atom. The summed E-state index contributed by atoms with van der Waals surface area (Å²) < 4.78 is 0. The molecule has 0 radical (unpaired) electrons. The number of halogens is 1. The Morgan fingerprint density at radius 2 is 1.59 bits per heavy atom. The average molecular weight is 571 g/mol. The van der Waals surface area contributed by atoms with Crippen molar-refractivity contribution in [1.29, 1.82) is 0 Å². The molecule has 0 unspecified atom stereocenters. The van der Waals surface area contributed by atoms with E-state index in [2.05, 4.69) is 44.9 Å². The van der Waals surface area contributed by atoms with E-state index in [-0.39, 0.29) is 11.3 Å². The lowest BCUT2D eigenvalue weighted by atomic mass is 9.78. The van der Waals surface area contributed by atoms with Crippen LogP contribution in [0, 0.1) is 5.41 Å². The van der Waals surface area contributed by atoms with Crippen LogP contribution in [0.3, 0.4) is 0 Å². The second-order valence-electron chi connectivity index (χ2n) is 9.80. The van der Waals surface area contributed by atoms with Crippen LogP contribution in [0.2, 0.25) is 5.02 Å². The zero-order valence-electron chi connectivity index (χ0n) is 24.3. The van der Waals surface area contributed by atoms with Crippen molar-refractivity contribution in [3.05, 3.63) is 84.3 Å². The first-order chi connectivity index (χ1) is 20.1. The SMILES string of the molecule is CC.CC.O=C1CC2(CCNCC2)CN1c1cncc(Nc2ncc(Cl)c(-c3cccc(-c4ccccc4)c3)n2)c1. The molecule has 4 heterocycles. The smallest absolute Gasteiger partial charge is 0.227 e. The maximum atomic E-state index is 12.9. The van der Waals surface area contributed by atoms with Gasteiger partial charge in [0.15, 0.2) is 0 Å². The number of piperidine rings is 1. The van der Waals surface area contributed by atoms with Gasteiger partial charge in [0, 0.05) is 18.5 Å². The number of anilines is 3. The number of nitrogens with zero attached hydrogens (tertiary/aromatic N) is 4. The third-order valence-electron chi connectivity index (χ3n) is 7.26. The molecular formula is C33H39ClN6O. The summed E-state index contributed by atoms with van der Waals surface area (Å²) in [6.07, 6.45) is 7.69. The molecule has 1 spiro atoms. The zero-order valence-corrected chi connectivity index (χ0v) is 25.1. The largest absolute Gasteiger partial charge is 0.323 e. The first-order valence-corrected chi connectivity index (χ1v) is 14.9. The molecule has 2 aliphatic rings. The van der Waals surface area contributed by atoms with E-state index >= 15 is 0 Å². The lowest BCUT2D eigenvalue weighted by Gasteiger charge is -2.33. The van der Waals surface area contributed by atoms with Crippen LogP contribution in [-0.4, -0.2) is 40.5 Å². The van der Waals surface area contributed by atoms with Gasteiger partial charge in [0.25, 0.3) is 0 Å². The van der Waals surface area contributed by atoms with E-state index < -0.39 is 0 Å². The highest BCUT2D eigenvalue weighted by Gasteiger charge is 2.44. The molecule has 6 rings (SSSR count). The van der Waals surface area contributed by atoms with Crippen molar-refractivity contribution < 1.29 is 4.79 Å². The molecule has 1 amide bonds. The van der Waals surface area contributed by atoms with E-state index in [4.69, 9.17) is 16.6 Å². The van der Waals surface area contributed by atoms with Gasteiger partial charge in [-0.1, -0.05) is 87.8 Å². The molecule has 2 aromatic heterocycles. The Morgan fingerprint density at radius 1 is 0.878 bits per heavy atom.